The quantitative estimate of drug-likeness (QED) is 0.271. The van der Waals surface area contributed by atoms with Crippen molar-refractivity contribution in [3.05, 3.63) is 23.3 Å². The van der Waals surface area contributed by atoms with Gasteiger partial charge in [-0.1, -0.05) is 94.2 Å². The minimum absolute atomic E-state index is 0.0465. The van der Waals surface area contributed by atoms with E-state index < -0.39 is 16.8 Å². The molecule has 0 aliphatic heterocycles. The number of allylic oxidation sites excluding steroid dienone is 4. The van der Waals surface area contributed by atoms with Gasteiger partial charge in [0.15, 0.2) is 11.6 Å². The van der Waals surface area contributed by atoms with Gasteiger partial charge in [-0.2, -0.15) is 0 Å². The predicted molar refractivity (Wildman–Crippen MR) is 269 cm³/mol. The number of Topliss-reactive ketones (excluding diaryl/α,β-unsaturated/α-hetero) is 2. The molecule has 0 spiro atoms. The monoisotopic (exact) mass is 951 g/mol. The number of ether oxygens (including phenoxy) is 1. The van der Waals surface area contributed by atoms with Crippen LogP contribution < -0.4 is 0 Å². The van der Waals surface area contributed by atoms with Crippen molar-refractivity contribution >= 4 is 35.1 Å². The fraction of sp³-hybridized carbons (Fsp3) is 0.836. The van der Waals surface area contributed by atoms with E-state index in [0.717, 1.165) is 96.3 Å². The summed E-state index contributed by atoms with van der Waals surface area (Å²) in [6.07, 6.45) is 20.1. The maximum absolute atomic E-state index is 14.3. The van der Waals surface area contributed by atoms with Crippen LogP contribution in [0.2, 0.25) is 0 Å². The molecule has 0 radical (unpaired) electrons. The molecule has 0 aromatic rings. The summed E-state index contributed by atoms with van der Waals surface area (Å²) in [5, 5.41) is 10.0. The van der Waals surface area contributed by atoms with Crippen LogP contribution in [0.1, 0.15) is 213 Å². The number of rotatable bonds is 2. The highest BCUT2D eigenvalue weighted by Gasteiger charge is 2.72. The summed E-state index contributed by atoms with van der Waals surface area (Å²) >= 11 is 0. The van der Waals surface area contributed by atoms with Crippen LogP contribution in [0.5, 0.6) is 0 Å². The van der Waals surface area contributed by atoms with E-state index in [2.05, 4.69) is 96.1 Å². The average molecular weight is 951 g/mol. The Kier molecular flexibility index (Phi) is 11.3. The Morgan fingerprint density at radius 1 is 0.507 bits per heavy atom. The smallest absolute Gasteiger partial charge is 0.311 e. The summed E-state index contributed by atoms with van der Waals surface area (Å²) in [5.41, 5.74) is 0.0392. The summed E-state index contributed by atoms with van der Waals surface area (Å²) in [5.74, 6) is 1.20. The van der Waals surface area contributed by atoms with Gasteiger partial charge in [0, 0.05) is 35.5 Å². The largest absolute Gasteiger partial charge is 0.481 e. The lowest BCUT2D eigenvalue weighted by Crippen LogP contribution is -2.66. The molecule has 69 heavy (non-hydrogen) atoms. The molecule has 0 saturated heterocycles. The van der Waals surface area contributed by atoms with Gasteiger partial charge in [-0.25, -0.2) is 0 Å². The van der Waals surface area contributed by atoms with Gasteiger partial charge in [0.2, 0.25) is 0 Å². The second-order valence-corrected chi connectivity index (χ2v) is 29.6. The van der Waals surface area contributed by atoms with Crippen molar-refractivity contribution in [1.29, 1.82) is 0 Å². The second kappa shape index (κ2) is 15.3. The number of carboxylic acid groups (broad SMARTS) is 1. The molecule has 16 atom stereocenters. The lowest BCUT2D eigenvalue weighted by Gasteiger charge is -2.69. The van der Waals surface area contributed by atoms with E-state index in [1.165, 1.54) is 18.3 Å². The normalized spacial score (nSPS) is 51.3. The molecule has 0 unspecified atom stereocenters. The molecule has 1 N–H and O–H groups in total. The molecule has 10 rings (SSSR count). The zero-order chi connectivity index (χ0) is 50.9. The standard InChI is InChI=1S/C31H46O4.C30H44O4/c1-26(2)22-9-12-31(7)24(29(22,5)11-10-23(26)33)21(32)17-19-20-18-28(4,25(34)35-8)14-13-27(20,3)15-16-30(19,31)6;1-25(2)21-8-11-30(7)23(28(21,5)10-9-22(25)32)20(31)16-18-19-17-27(4,24(33)34)13-12-26(19,3)14-15-29(18,30)6/h17,20,22,24H,9-16,18H2,1-8H3;16,19,21,23H,8-15,17H2,1-7H3,(H,33,34)/t20-,22+,24-,27-,28+,29+,30-,31-;19-,21+,23-,26-,27+,28+,29-,30-/m11/s1. The molecule has 10 aliphatic rings. The fourth-order valence-electron chi connectivity index (χ4n) is 20.6. The summed E-state index contributed by atoms with van der Waals surface area (Å²) in [6, 6.07) is 0. The van der Waals surface area contributed by atoms with Gasteiger partial charge < -0.3 is 9.84 Å². The molecule has 10 aliphatic carbocycles. The van der Waals surface area contributed by atoms with E-state index in [1.807, 2.05) is 13.0 Å². The van der Waals surface area contributed by atoms with Crippen LogP contribution in [-0.4, -0.2) is 47.3 Å². The molecule has 8 heteroatoms. The molecule has 0 aromatic carbocycles. The first-order chi connectivity index (χ1) is 31.6. The molecular formula is C61H90O8. The molecule has 382 valence electrons. The Labute approximate surface area is 415 Å². The number of ketones is 4. The topological polar surface area (TPSA) is 132 Å². The first-order valence-electron chi connectivity index (χ1n) is 27.5. The molecule has 0 amide bonds. The van der Waals surface area contributed by atoms with Crippen molar-refractivity contribution in [2.45, 2.75) is 213 Å². The molecule has 8 saturated carbocycles. The number of hydrogen-bond acceptors (Lipinski definition) is 7. The Hall–Kier alpha value is -2.90. The van der Waals surface area contributed by atoms with Gasteiger partial charge in [-0.05, 0) is 196 Å². The van der Waals surface area contributed by atoms with Gasteiger partial charge >= 0.3 is 11.9 Å². The summed E-state index contributed by atoms with van der Waals surface area (Å²) in [7, 11) is 1.50. The van der Waals surface area contributed by atoms with Crippen LogP contribution in [-0.2, 0) is 33.5 Å². The Balaban J connectivity index is 0.000000172. The number of carbonyl (C=O) groups is 6. The van der Waals surface area contributed by atoms with E-state index in [-0.39, 0.29) is 107 Å². The highest BCUT2D eigenvalue weighted by atomic mass is 16.5. The highest BCUT2D eigenvalue weighted by molar-refractivity contribution is 5.97. The van der Waals surface area contributed by atoms with E-state index >= 15 is 0 Å². The van der Waals surface area contributed by atoms with Crippen molar-refractivity contribution in [3.8, 4) is 0 Å². The average Bonchev–Trinajstić information content (AvgIpc) is 3.26. The fourth-order valence-corrected chi connectivity index (χ4v) is 20.6. The third-order valence-corrected chi connectivity index (χ3v) is 25.8. The van der Waals surface area contributed by atoms with Crippen LogP contribution in [0.4, 0.5) is 0 Å². The van der Waals surface area contributed by atoms with Crippen molar-refractivity contribution in [2.75, 3.05) is 7.11 Å². The number of esters is 1. The first-order valence-corrected chi connectivity index (χ1v) is 27.5. The Bertz CT molecular complexity index is 2350. The van der Waals surface area contributed by atoms with Gasteiger partial charge in [0.05, 0.1) is 17.9 Å². The number of hydrogen-bond donors (Lipinski definition) is 1. The number of methoxy groups -OCH3 is 1. The van der Waals surface area contributed by atoms with Crippen molar-refractivity contribution < 1.29 is 38.6 Å². The van der Waals surface area contributed by atoms with Gasteiger partial charge in [-0.15, -0.1) is 0 Å². The summed E-state index contributed by atoms with van der Waals surface area (Å²) < 4.78 is 5.24. The zero-order valence-corrected chi connectivity index (χ0v) is 45.7. The highest BCUT2D eigenvalue weighted by Crippen LogP contribution is 2.77. The molecule has 8 fully saturated rings. The van der Waals surface area contributed by atoms with E-state index in [4.69, 9.17) is 4.74 Å². The molecule has 8 nitrogen and oxygen atoms in total. The predicted octanol–water partition coefficient (Wildman–Crippen LogP) is 13.3. The third-order valence-electron chi connectivity index (χ3n) is 25.8. The van der Waals surface area contributed by atoms with Crippen molar-refractivity contribution in [2.24, 2.45) is 100 Å². The van der Waals surface area contributed by atoms with Gasteiger partial charge in [0.25, 0.3) is 0 Å². The van der Waals surface area contributed by atoms with E-state index in [9.17, 15) is 33.9 Å². The Morgan fingerprint density at radius 2 is 0.870 bits per heavy atom. The third kappa shape index (κ3) is 6.54. The Morgan fingerprint density at radius 3 is 1.25 bits per heavy atom. The lowest BCUT2D eigenvalue weighted by atomic mass is 9.33. The number of carboxylic acids is 1. The zero-order valence-electron chi connectivity index (χ0n) is 45.7. The van der Waals surface area contributed by atoms with Crippen LogP contribution in [0.3, 0.4) is 0 Å². The summed E-state index contributed by atoms with van der Waals surface area (Å²) in [6.45, 7) is 31.4. The molecule has 0 bridgehead atoms. The summed E-state index contributed by atoms with van der Waals surface area (Å²) in [4.78, 5) is 79.3. The van der Waals surface area contributed by atoms with Crippen LogP contribution in [0, 0.1) is 100 Å². The molecular weight excluding hydrogens is 861 g/mol. The van der Waals surface area contributed by atoms with E-state index in [1.54, 1.807) is 0 Å². The number of fused-ring (bicyclic) bond motifs is 14. The maximum Gasteiger partial charge on any atom is 0.311 e. The van der Waals surface area contributed by atoms with Crippen molar-refractivity contribution in [3.63, 3.8) is 0 Å². The lowest BCUT2D eigenvalue weighted by molar-refractivity contribution is -0.188. The number of aliphatic carboxylic acids is 1. The molecule has 0 heterocycles. The van der Waals surface area contributed by atoms with E-state index in [0.29, 0.717) is 30.8 Å². The van der Waals surface area contributed by atoms with Crippen LogP contribution in [0.15, 0.2) is 23.3 Å². The minimum Gasteiger partial charge on any atom is -0.481 e. The van der Waals surface area contributed by atoms with Crippen LogP contribution in [0.25, 0.3) is 0 Å². The SMILES string of the molecule is CC1(C)C(=O)CC[C@]2(C)[C@H]3C(=O)C=C4[C@H]5C[C@@](C)(C(=O)O)CC[C@]5(C)CC[C@@]4(C)[C@]3(C)CC[C@@H]12.COC(=O)[C@@]1(C)CC[C@]2(C)CC[C@]3(C)C(=CC(=O)[C@@H]4[C@@]5(C)CCC(=O)C(C)(C)[C@@H]5CC[C@]43C)[C@H]2C1. The number of carbonyl (C=O) groups excluding carboxylic acids is 5. The van der Waals surface area contributed by atoms with Gasteiger partial charge in [-0.3, -0.25) is 28.8 Å². The van der Waals surface area contributed by atoms with Crippen LogP contribution >= 0.6 is 0 Å². The van der Waals surface area contributed by atoms with Gasteiger partial charge in [0.1, 0.15) is 11.6 Å². The first kappa shape index (κ1) is 51.0. The second-order valence-electron chi connectivity index (χ2n) is 29.6. The van der Waals surface area contributed by atoms with Crippen molar-refractivity contribution in [1.82, 2.24) is 0 Å². The minimum atomic E-state index is -0.721. The molecule has 0 aromatic heterocycles. The maximum atomic E-state index is 14.3.